The van der Waals surface area contributed by atoms with Gasteiger partial charge < -0.3 is 25.0 Å². The fourth-order valence-electron chi connectivity index (χ4n) is 5.07. The molecule has 0 bridgehead atoms. The first-order valence-corrected chi connectivity index (χ1v) is 11.0. The van der Waals surface area contributed by atoms with Crippen molar-refractivity contribution >= 4 is 34.4 Å². The second kappa shape index (κ2) is 7.19. The van der Waals surface area contributed by atoms with Gasteiger partial charge in [-0.3, -0.25) is 4.79 Å². The van der Waals surface area contributed by atoms with Crippen molar-refractivity contribution in [1.82, 2.24) is 29.7 Å². The number of carbonyl (C=O) groups is 1. The lowest BCUT2D eigenvalue weighted by molar-refractivity contribution is 0.0891. The number of aromatic nitrogens is 4. The summed E-state index contributed by atoms with van der Waals surface area (Å²) in [5.74, 6) is 1.18. The molecule has 2 N–H and O–H groups in total. The summed E-state index contributed by atoms with van der Waals surface area (Å²) in [5.41, 5.74) is 2.63. The number of nitrogens with zero attached hydrogens (tertiary/aromatic N) is 6. The quantitative estimate of drug-likeness (QED) is 0.673. The summed E-state index contributed by atoms with van der Waals surface area (Å²) in [4.78, 5) is 31.0. The predicted octanol–water partition coefficient (Wildman–Crippen LogP) is 2.16. The van der Waals surface area contributed by atoms with Crippen LogP contribution in [0.2, 0.25) is 0 Å². The van der Waals surface area contributed by atoms with Crippen molar-refractivity contribution in [3.8, 4) is 0 Å². The number of piperazine rings is 1. The molecule has 1 aliphatic carbocycles. The fraction of sp³-hybridized carbons (Fsp3) is 0.455. The Morgan fingerprint density at radius 2 is 1.97 bits per heavy atom. The molecule has 2 fully saturated rings. The highest BCUT2D eigenvalue weighted by Gasteiger charge is 2.38. The van der Waals surface area contributed by atoms with Gasteiger partial charge in [-0.1, -0.05) is 0 Å². The van der Waals surface area contributed by atoms with Crippen molar-refractivity contribution in [2.45, 2.75) is 31.3 Å². The monoisotopic (exact) mass is 418 g/mol. The summed E-state index contributed by atoms with van der Waals surface area (Å²) in [6.45, 7) is 4.16. The standard InChI is InChI=1S/C22H26N8O/c1-28-7-9-29(10-8-28)15-5-6-19(23-13-15)26-22-24-12-14-11-18-21(31)25-16-3-2-4-17(16)30(18)20(14)27-22/h5-6,11-13,16-17H,2-4,7-10H2,1H3,(H,25,31)(H,23,24,26,27)/t16-,17-/m0/s1. The molecule has 0 radical (unpaired) electrons. The number of anilines is 3. The van der Waals surface area contributed by atoms with Gasteiger partial charge in [0, 0.05) is 37.8 Å². The Morgan fingerprint density at radius 1 is 1.10 bits per heavy atom. The normalized spacial score (nSPS) is 23.5. The lowest BCUT2D eigenvalue weighted by atomic mass is 10.1. The van der Waals surface area contributed by atoms with E-state index in [-0.39, 0.29) is 18.0 Å². The van der Waals surface area contributed by atoms with Crippen LogP contribution in [0.4, 0.5) is 17.5 Å². The van der Waals surface area contributed by atoms with Crippen LogP contribution in [-0.4, -0.2) is 69.6 Å². The maximum absolute atomic E-state index is 12.5. The van der Waals surface area contributed by atoms with E-state index < -0.39 is 0 Å². The molecule has 2 aliphatic heterocycles. The van der Waals surface area contributed by atoms with Gasteiger partial charge in [0.1, 0.15) is 17.2 Å². The van der Waals surface area contributed by atoms with Crippen molar-refractivity contribution in [2.75, 3.05) is 43.4 Å². The van der Waals surface area contributed by atoms with E-state index in [1.54, 1.807) is 6.20 Å². The molecule has 3 aromatic heterocycles. The highest BCUT2D eigenvalue weighted by molar-refractivity contribution is 5.99. The highest BCUT2D eigenvalue weighted by atomic mass is 16.2. The molecule has 0 spiro atoms. The molecule has 5 heterocycles. The van der Waals surface area contributed by atoms with Gasteiger partial charge >= 0.3 is 0 Å². The van der Waals surface area contributed by atoms with E-state index in [2.05, 4.69) is 48.1 Å². The first-order valence-electron chi connectivity index (χ1n) is 11.0. The first-order chi connectivity index (χ1) is 15.2. The van der Waals surface area contributed by atoms with Crippen LogP contribution < -0.4 is 15.5 Å². The van der Waals surface area contributed by atoms with Crippen LogP contribution in [0.5, 0.6) is 0 Å². The summed E-state index contributed by atoms with van der Waals surface area (Å²) in [6, 6.07) is 6.42. The number of rotatable bonds is 3. The molecule has 31 heavy (non-hydrogen) atoms. The Morgan fingerprint density at radius 3 is 2.77 bits per heavy atom. The smallest absolute Gasteiger partial charge is 0.268 e. The van der Waals surface area contributed by atoms with Crippen LogP contribution in [-0.2, 0) is 0 Å². The SMILES string of the molecule is CN1CCN(c2ccc(Nc3ncc4cc5n(c4n3)[C@H]3CCC[C@@H]3NC5=O)nc2)CC1. The lowest BCUT2D eigenvalue weighted by Gasteiger charge is -2.33. The second-order valence-electron chi connectivity index (χ2n) is 8.77. The fourth-order valence-corrected chi connectivity index (χ4v) is 5.07. The summed E-state index contributed by atoms with van der Waals surface area (Å²) in [7, 11) is 2.15. The van der Waals surface area contributed by atoms with Gasteiger partial charge in [0.2, 0.25) is 5.95 Å². The molecular weight excluding hydrogens is 392 g/mol. The van der Waals surface area contributed by atoms with E-state index >= 15 is 0 Å². The molecule has 9 nitrogen and oxygen atoms in total. The molecule has 3 aromatic rings. The van der Waals surface area contributed by atoms with Crippen LogP contribution >= 0.6 is 0 Å². The average molecular weight is 419 g/mol. The van der Waals surface area contributed by atoms with Gasteiger partial charge in [0.25, 0.3) is 5.91 Å². The number of hydrogen-bond acceptors (Lipinski definition) is 7. The molecule has 9 heteroatoms. The number of nitrogens with one attached hydrogen (secondary N) is 2. The Hall–Kier alpha value is -3.20. The number of likely N-dealkylation sites (N-methyl/N-ethyl adjacent to an activating group) is 1. The Labute approximate surface area is 180 Å². The zero-order valence-corrected chi connectivity index (χ0v) is 17.6. The van der Waals surface area contributed by atoms with Crippen molar-refractivity contribution in [3.05, 3.63) is 36.3 Å². The average Bonchev–Trinajstić information content (AvgIpc) is 3.39. The number of pyridine rings is 1. The van der Waals surface area contributed by atoms with Crippen LogP contribution in [0, 0.1) is 0 Å². The molecule has 1 saturated carbocycles. The van der Waals surface area contributed by atoms with E-state index in [1.807, 2.05) is 18.3 Å². The molecule has 1 saturated heterocycles. The summed E-state index contributed by atoms with van der Waals surface area (Å²) in [6.07, 6.45) is 6.89. The Bertz CT molecular complexity index is 1130. The molecule has 0 unspecified atom stereocenters. The zero-order chi connectivity index (χ0) is 20.9. The molecule has 160 valence electrons. The second-order valence-corrected chi connectivity index (χ2v) is 8.77. The summed E-state index contributed by atoms with van der Waals surface area (Å²) >= 11 is 0. The summed E-state index contributed by atoms with van der Waals surface area (Å²) < 4.78 is 2.11. The van der Waals surface area contributed by atoms with Crippen molar-refractivity contribution in [3.63, 3.8) is 0 Å². The van der Waals surface area contributed by atoms with E-state index in [9.17, 15) is 4.79 Å². The minimum absolute atomic E-state index is 0.0168. The van der Waals surface area contributed by atoms with Crippen LogP contribution in [0.3, 0.4) is 0 Å². The van der Waals surface area contributed by atoms with Gasteiger partial charge in [-0.15, -0.1) is 0 Å². The minimum Gasteiger partial charge on any atom is -0.368 e. The maximum Gasteiger partial charge on any atom is 0.268 e. The van der Waals surface area contributed by atoms with Crippen LogP contribution in [0.1, 0.15) is 35.8 Å². The van der Waals surface area contributed by atoms with Crippen molar-refractivity contribution < 1.29 is 4.79 Å². The summed E-state index contributed by atoms with van der Waals surface area (Å²) in [5, 5.41) is 7.26. The molecule has 1 amide bonds. The lowest BCUT2D eigenvalue weighted by Crippen LogP contribution is -2.44. The number of amides is 1. The van der Waals surface area contributed by atoms with Gasteiger partial charge in [-0.05, 0) is 44.5 Å². The van der Waals surface area contributed by atoms with E-state index in [0.29, 0.717) is 17.5 Å². The van der Waals surface area contributed by atoms with Crippen LogP contribution in [0.15, 0.2) is 30.6 Å². The Balaban J connectivity index is 1.26. The Kier molecular flexibility index (Phi) is 4.31. The van der Waals surface area contributed by atoms with Gasteiger partial charge in [0.15, 0.2) is 0 Å². The maximum atomic E-state index is 12.5. The third-order valence-electron chi connectivity index (χ3n) is 6.79. The van der Waals surface area contributed by atoms with E-state index in [4.69, 9.17) is 4.98 Å². The first kappa shape index (κ1) is 18.6. The molecule has 0 aromatic carbocycles. The zero-order valence-electron chi connectivity index (χ0n) is 17.6. The van der Waals surface area contributed by atoms with Gasteiger partial charge in [-0.2, -0.15) is 4.98 Å². The third-order valence-corrected chi connectivity index (χ3v) is 6.79. The minimum atomic E-state index is -0.0168. The largest absolute Gasteiger partial charge is 0.368 e. The van der Waals surface area contributed by atoms with Crippen molar-refractivity contribution in [2.24, 2.45) is 0 Å². The van der Waals surface area contributed by atoms with Gasteiger partial charge in [0.05, 0.1) is 24.0 Å². The topological polar surface area (TPSA) is 91.2 Å². The van der Waals surface area contributed by atoms with Gasteiger partial charge in [-0.25, -0.2) is 9.97 Å². The molecule has 2 atom stereocenters. The van der Waals surface area contributed by atoms with Crippen molar-refractivity contribution in [1.29, 1.82) is 0 Å². The third kappa shape index (κ3) is 3.20. The molecule has 3 aliphatic rings. The molecular formula is C22H26N8O. The molecule has 6 rings (SSSR count). The van der Waals surface area contributed by atoms with E-state index in [1.165, 1.54) is 0 Å². The number of carbonyl (C=O) groups excluding carboxylic acids is 1. The highest BCUT2D eigenvalue weighted by Crippen LogP contribution is 2.37. The number of fused-ring (bicyclic) bond motifs is 5. The van der Waals surface area contributed by atoms with Crippen LogP contribution in [0.25, 0.3) is 11.0 Å². The van der Waals surface area contributed by atoms with E-state index in [0.717, 1.165) is 62.2 Å². The predicted molar refractivity (Wildman–Crippen MR) is 119 cm³/mol. The number of hydrogen-bond donors (Lipinski definition) is 2.